The molecule has 1 nitrogen and oxygen atoms in total. The Balaban J connectivity index is 3.35. The van der Waals surface area contributed by atoms with Crippen LogP contribution in [0.5, 0.6) is 0 Å². The summed E-state index contributed by atoms with van der Waals surface area (Å²) in [5.41, 5.74) is 1.40. The lowest BCUT2D eigenvalue weighted by Gasteiger charge is -2.05. The van der Waals surface area contributed by atoms with Gasteiger partial charge in [0.25, 0.3) is 0 Å². The van der Waals surface area contributed by atoms with E-state index in [1.807, 2.05) is 0 Å². The minimum atomic E-state index is 0.314. The third-order valence-electron chi connectivity index (χ3n) is 1.53. The molecule has 1 atom stereocenters. The number of rotatable bonds is 4. The molecular formula is C8H15IO. The Morgan fingerprint density at radius 3 is 2.70 bits per heavy atom. The lowest BCUT2D eigenvalue weighted by Crippen LogP contribution is -1.99. The van der Waals surface area contributed by atoms with E-state index < -0.39 is 0 Å². The van der Waals surface area contributed by atoms with Crippen molar-refractivity contribution in [1.29, 1.82) is 0 Å². The van der Waals surface area contributed by atoms with Gasteiger partial charge in [0.1, 0.15) is 0 Å². The van der Waals surface area contributed by atoms with Crippen LogP contribution in [0.4, 0.5) is 0 Å². The molecule has 0 saturated carbocycles. The van der Waals surface area contributed by atoms with Crippen LogP contribution in [0, 0.1) is 5.92 Å². The van der Waals surface area contributed by atoms with E-state index in [4.69, 9.17) is 5.11 Å². The molecule has 0 rings (SSSR count). The molecule has 1 unspecified atom stereocenters. The van der Waals surface area contributed by atoms with Gasteiger partial charge in [0.05, 0.1) is 0 Å². The summed E-state index contributed by atoms with van der Waals surface area (Å²) >= 11 is 2.25. The van der Waals surface area contributed by atoms with Crippen LogP contribution < -0.4 is 0 Å². The summed E-state index contributed by atoms with van der Waals surface area (Å²) < 4.78 is 2.10. The maximum Gasteiger partial charge on any atom is 0.0456 e. The number of aliphatic hydroxyl groups is 1. The molecule has 0 aromatic heterocycles. The molecule has 10 heavy (non-hydrogen) atoms. The zero-order chi connectivity index (χ0) is 7.98. The van der Waals surface area contributed by atoms with Crippen LogP contribution >= 0.6 is 22.6 Å². The Morgan fingerprint density at radius 2 is 2.30 bits per heavy atom. The van der Waals surface area contributed by atoms with Crippen molar-refractivity contribution >= 4 is 22.6 Å². The third-order valence-corrected chi connectivity index (χ3v) is 2.59. The van der Waals surface area contributed by atoms with Gasteiger partial charge in [-0.05, 0) is 29.8 Å². The maximum atomic E-state index is 8.70. The molecule has 0 spiro atoms. The molecule has 0 fully saturated rings. The third kappa shape index (κ3) is 5.23. The summed E-state index contributed by atoms with van der Waals surface area (Å²) in [6.07, 6.45) is 2.21. The summed E-state index contributed by atoms with van der Waals surface area (Å²) in [5, 5.41) is 8.70. The van der Waals surface area contributed by atoms with Gasteiger partial charge in [-0.25, -0.2) is 0 Å². The molecule has 0 saturated heterocycles. The highest BCUT2D eigenvalue weighted by Crippen LogP contribution is 2.11. The fourth-order valence-electron chi connectivity index (χ4n) is 0.620. The van der Waals surface area contributed by atoms with Crippen molar-refractivity contribution in [2.45, 2.75) is 26.7 Å². The van der Waals surface area contributed by atoms with Crippen LogP contribution in [-0.4, -0.2) is 11.7 Å². The molecule has 0 bridgehead atoms. The van der Waals surface area contributed by atoms with E-state index in [1.165, 1.54) is 5.57 Å². The van der Waals surface area contributed by atoms with Crippen molar-refractivity contribution in [2.75, 3.05) is 6.61 Å². The van der Waals surface area contributed by atoms with Crippen molar-refractivity contribution < 1.29 is 5.11 Å². The standard InChI is InChI=1S/C8H15IO/c1-7(5-9)3-4-8(2)6-10/h5,8,10H,3-4,6H2,1-2H3/b7-5+. The quantitative estimate of drug-likeness (QED) is 0.765. The van der Waals surface area contributed by atoms with Gasteiger partial charge >= 0.3 is 0 Å². The van der Waals surface area contributed by atoms with Crippen molar-refractivity contribution in [3.8, 4) is 0 Å². The average molecular weight is 254 g/mol. The van der Waals surface area contributed by atoms with Crippen LogP contribution in [0.2, 0.25) is 0 Å². The summed E-state index contributed by atoms with van der Waals surface area (Å²) in [4.78, 5) is 0. The molecule has 1 N–H and O–H groups in total. The minimum Gasteiger partial charge on any atom is -0.396 e. The number of hydrogen-bond donors (Lipinski definition) is 1. The van der Waals surface area contributed by atoms with Crippen molar-refractivity contribution in [3.63, 3.8) is 0 Å². The average Bonchev–Trinajstić information content (AvgIpc) is 1.99. The number of allylic oxidation sites excluding steroid dienone is 1. The second-order valence-corrected chi connectivity index (χ2v) is 3.40. The SMILES string of the molecule is C/C(=C\I)CCC(C)CO. The zero-order valence-corrected chi connectivity index (χ0v) is 8.76. The molecule has 2 heteroatoms. The van der Waals surface area contributed by atoms with Crippen LogP contribution in [0.1, 0.15) is 26.7 Å². The van der Waals surface area contributed by atoms with Crippen LogP contribution in [0.3, 0.4) is 0 Å². The van der Waals surface area contributed by atoms with Crippen molar-refractivity contribution in [1.82, 2.24) is 0 Å². The minimum absolute atomic E-state index is 0.314. The molecule has 0 aliphatic heterocycles. The number of halogens is 1. The number of aliphatic hydroxyl groups excluding tert-OH is 1. The van der Waals surface area contributed by atoms with Gasteiger partial charge < -0.3 is 5.11 Å². The van der Waals surface area contributed by atoms with Gasteiger partial charge in [-0.3, -0.25) is 0 Å². The lowest BCUT2D eigenvalue weighted by atomic mass is 10.0. The topological polar surface area (TPSA) is 20.2 Å². The second-order valence-electron chi connectivity index (χ2n) is 2.78. The van der Waals surface area contributed by atoms with E-state index in [-0.39, 0.29) is 0 Å². The van der Waals surface area contributed by atoms with E-state index in [0.717, 1.165) is 12.8 Å². The summed E-state index contributed by atoms with van der Waals surface area (Å²) in [6, 6.07) is 0. The van der Waals surface area contributed by atoms with Crippen molar-refractivity contribution in [2.24, 2.45) is 5.92 Å². The molecule has 0 heterocycles. The highest BCUT2D eigenvalue weighted by molar-refractivity contribution is 14.1. The monoisotopic (exact) mass is 254 g/mol. The van der Waals surface area contributed by atoms with E-state index in [1.54, 1.807) is 0 Å². The predicted octanol–water partition coefficient (Wildman–Crippen LogP) is 2.73. The van der Waals surface area contributed by atoms with Gasteiger partial charge in [0, 0.05) is 6.61 Å². The molecular weight excluding hydrogens is 239 g/mol. The largest absolute Gasteiger partial charge is 0.396 e. The Bertz CT molecular complexity index is 110. The fraction of sp³-hybridized carbons (Fsp3) is 0.750. The Hall–Kier alpha value is 0.430. The summed E-state index contributed by atoms with van der Waals surface area (Å²) in [6.45, 7) is 4.51. The number of hydrogen-bond acceptors (Lipinski definition) is 1. The molecule has 60 valence electrons. The maximum absolute atomic E-state index is 8.70. The van der Waals surface area contributed by atoms with Gasteiger partial charge in [0.2, 0.25) is 0 Å². The van der Waals surface area contributed by atoms with E-state index in [9.17, 15) is 0 Å². The van der Waals surface area contributed by atoms with E-state index in [0.29, 0.717) is 12.5 Å². The predicted molar refractivity (Wildman–Crippen MR) is 53.3 cm³/mol. The Morgan fingerprint density at radius 1 is 1.70 bits per heavy atom. The first kappa shape index (κ1) is 10.4. The van der Waals surface area contributed by atoms with E-state index in [2.05, 4.69) is 40.5 Å². The van der Waals surface area contributed by atoms with Gasteiger partial charge in [-0.2, -0.15) is 0 Å². The Kier molecular flexibility index (Phi) is 6.43. The van der Waals surface area contributed by atoms with Gasteiger partial charge in [0.15, 0.2) is 0 Å². The first-order valence-electron chi connectivity index (χ1n) is 3.57. The highest BCUT2D eigenvalue weighted by Gasteiger charge is 1.98. The molecule has 0 amide bonds. The lowest BCUT2D eigenvalue weighted by molar-refractivity contribution is 0.230. The Labute approximate surface area is 76.7 Å². The summed E-state index contributed by atoms with van der Waals surface area (Å²) in [7, 11) is 0. The fourth-order valence-corrected chi connectivity index (χ4v) is 0.931. The molecule has 0 aliphatic rings. The van der Waals surface area contributed by atoms with Gasteiger partial charge in [-0.15, -0.1) is 0 Å². The summed E-state index contributed by atoms with van der Waals surface area (Å²) in [5.74, 6) is 0.450. The van der Waals surface area contributed by atoms with E-state index >= 15 is 0 Å². The normalized spacial score (nSPS) is 15.4. The van der Waals surface area contributed by atoms with Crippen LogP contribution in [0.15, 0.2) is 9.66 Å². The molecule has 0 radical (unpaired) electrons. The highest BCUT2D eigenvalue weighted by atomic mass is 127. The first-order chi connectivity index (χ1) is 4.70. The van der Waals surface area contributed by atoms with Gasteiger partial charge in [-0.1, -0.05) is 35.1 Å². The molecule has 0 aromatic rings. The molecule has 0 aromatic carbocycles. The molecule has 0 aliphatic carbocycles. The second kappa shape index (κ2) is 6.16. The smallest absolute Gasteiger partial charge is 0.0456 e. The van der Waals surface area contributed by atoms with Crippen LogP contribution in [-0.2, 0) is 0 Å². The van der Waals surface area contributed by atoms with Crippen LogP contribution in [0.25, 0.3) is 0 Å². The first-order valence-corrected chi connectivity index (χ1v) is 4.82. The zero-order valence-electron chi connectivity index (χ0n) is 6.60. The van der Waals surface area contributed by atoms with Crippen molar-refractivity contribution in [3.05, 3.63) is 9.66 Å².